The highest BCUT2D eigenvalue weighted by molar-refractivity contribution is 9.24. The van der Waals surface area contributed by atoms with Crippen molar-refractivity contribution in [2.75, 3.05) is 14.2 Å². The first-order valence-corrected chi connectivity index (χ1v) is 8.86. The lowest BCUT2D eigenvalue weighted by molar-refractivity contribution is -0.133. The fourth-order valence-corrected chi connectivity index (χ4v) is 2.64. The van der Waals surface area contributed by atoms with Gasteiger partial charge in [-0.25, -0.2) is 4.79 Å². The van der Waals surface area contributed by atoms with Crippen LogP contribution in [0.4, 0.5) is 0 Å². The van der Waals surface area contributed by atoms with E-state index in [2.05, 4.69) is 31.9 Å². The van der Waals surface area contributed by atoms with E-state index in [4.69, 9.17) is 14.2 Å². The maximum Gasteiger partial charge on any atom is 0.341 e. The van der Waals surface area contributed by atoms with E-state index < -0.39 is 5.97 Å². The van der Waals surface area contributed by atoms with E-state index >= 15 is 0 Å². The van der Waals surface area contributed by atoms with Gasteiger partial charge in [0.25, 0.3) is 0 Å². The molecule has 0 atom stereocenters. The number of esters is 1. The van der Waals surface area contributed by atoms with Gasteiger partial charge in [0.1, 0.15) is 17.1 Å². The summed E-state index contributed by atoms with van der Waals surface area (Å²) < 4.78 is 15.8. The third-order valence-electron chi connectivity index (χ3n) is 3.16. The number of benzene rings is 2. The number of alkyl halides is 2. The first-order valence-electron chi connectivity index (χ1n) is 7.03. The van der Waals surface area contributed by atoms with Crippen LogP contribution in [0.15, 0.2) is 54.8 Å². The van der Waals surface area contributed by atoms with Gasteiger partial charge in [0.05, 0.1) is 24.2 Å². The monoisotopic (exact) mass is 454 g/mol. The Hall–Kier alpha value is -1.79. The minimum Gasteiger partial charge on any atom is -0.503 e. The molecule has 6 heteroatoms. The number of methoxy groups -OCH3 is 2. The molecule has 0 aliphatic carbocycles. The number of carbonyl (C=O) groups excluding carboxylic acids is 1. The molecule has 0 fully saturated rings. The average molecular weight is 456 g/mol. The van der Waals surface area contributed by atoms with Gasteiger partial charge in [0, 0.05) is 5.56 Å². The van der Waals surface area contributed by atoms with Gasteiger partial charge < -0.3 is 14.2 Å². The van der Waals surface area contributed by atoms with Crippen LogP contribution in [0.3, 0.4) is 0 Å². The Bertz CT molecular complexity index is 741. The molecular weight excluding hydrogens is 440 g/mol. The first-order chi connectivity index (χ1) is 11.6. The van der Waals surface area contributed by atoms with Crippen LogP contribution in [-0.4, -0.2) is 20.2 Å². The Labute approximate surface area is 157 Å². The standard InChI is InChI=1S/C18H16Br2O4/c1-22-11-15(18(21)23-2)14-8-3-4-9-16(14)24-13-7-5-6-12(10-13)17(19)20/h3-11,17H,1-2H3/b15-11-. The molecule has 126 valence electrons. The molecule has 4 nitrogen and oxygen atoms in total. The Kier molecular flexibility index (Phi) is 6.87. The molecule has 2 aromatic rings. The van der Waals surface area contributed by atoms with E-state index in [0.29, 0.717) is 17.1 Å². The zero-order valence-electron chi connectivity index (χ0n) is 13.2. The largest absolute Gasteiger partial charge is 0.503 e. The topological polar surface area (TPSA) is 44.8 Å². The minimum atomic E-state index is -0.498. The summed E-state index contributed by atoms with van der Waals surface area (Å²) in [6.45, 7) is 0. The molecule has 0 spiro atoms. The fourth-order valence-electron chi connectivity index (χ4n) is 2.07. The van der Waals surface area contributed by atoms with Gasteiger partial charge in [-0.15, -0.1) is 0 Å². The smallest absolute Gasteiger partial charge is 0.341 e. The molecule has 0 saturated carbocycles. The summed E-state index contributed by atoms with van der Waals surface area (Å²) in [4.78, 5) is 12.0. The van der Waals surface area contributed by atoms with Crippen LogP contribution in [0.2, 0.25) is 0 Å². The summed E-state index contributed by atoms with van der Waals surface area (Å²) in [6, 6.07) is 14.8. The van der Waals surface area contributed by atoms with Gasteiger partial charge in [-0.2, -0.15) is 0 Å². The molecule has 2 aromatic carbocycles. The Morgan fingerprint density at radius 2 is 1.83 bits per heavy atom. The summed E-state index contributed by atoms with van der Waals surface area (Å²) in [5.74, 6) is 0.692. The maximum absolute atomic E-state index is 12.0. The molecule has 0 saturated heterocycles. The number of hydrogen-bond acceptors (Lipinski definition) is 4. The lowest BCUT2D eigenvalue weighted by Gasteiger charge is -2.13. The van der Waals surface area contributed by atoms with Crippen LogP contribution >= 0.6 is 31.9 Å². The van der Waals surface area contributed by atoms with Gasteiger partial charge in [0.15, 0.2) is 0 Å². The summed E-state index contributed by atoms with van der Waals surface area (Å²) >= 11 is 6.93. The van der Waals surface area contributed by atoms with Gasteiger partial charge in [-0.3, -0.25) is 0 Å². The first kappa shape index (κ1) is 18.5. The molecule has 0 aliphatic rings. The second kappa shape index (κ2) is 8.89. The van der Waals surface area contributed by atoms with Crippen molar-refractivity contribution in [2.45, 2.75) is 3.74 Å². The SMILES string of the molecule is CO/C=C(\C(=O)OC)c1ccccc1Oc1cccc(C(Br)Br)c1. The summed E-state index contributed by atoms with van der Waals surface area (Å²) in [5, 5.41) is 0. The third kappa shape index (κ3) is 4.61. The van der Waals surface area contributed by atoms with Crippen molar-refractivity contribution in [3.8, 4) is 11.5 Å². The van der Waals surface area contributed by atoms with Gasteiger partial charge >= 0.3 is 5.97 Å². The zero-order chi connectivity index (χ0) is 17.5. The average Bonchev–Trinajstić information content (AvgIpc) is 2.60. The summed E-state index contributed by atoms with van der Waals surface area (Å²) in [7, 11) is 2.80. The highest BCUT2D eigenvalue weighted by Crippen LogP contribution is 2.34. The van der Waals surface area contributed by atoms with Crippen LogP contribution in [0.25, 0.3) is 5.57 Å². The van der Waals surface area contributed by atoms with E-state index in [1.807, 2.05) is 36.4 Å². The number of halogens is 2. The maximum atomic E-state index is 12.0. The molecule has 0 N–H and O–H groups in total. The van der Waals surface area contributed by atoms with E-state index in [1.165, 1.54) is 20.5 Å². The normalized spacial score (nSPS) is 11.3. The molecule has 0 radical (unpaired) electrons. The number of carbonyl (C=O) groups is 1. The van der Waals surface area contributed by atoms with Crippen molar-refractivity contribution in [3.63, 3.8) is 0 Å². The van der Waals surface area contributed by atoms with E-state index in [-0.39, 0.29) is 9.31 Å². The van der Waals surface area contributed by atoms with Gasteiger partial charge in [0.2, 0.25) is 0 Å². The van der Waals surface area contributed by atoms with Crippen LogP contribution in [0.5, 0.6) is 11.5 Å². The summed E-state index contributed by atoms with van der Waals surface area (Å²) in [6.07, 6.45) is 1.34. The van der Waals surface area contributed by atoms with Crippen molar-refractivity contribution in [2.24, 2.45) is 0 Å². The highest BCUT2D eigenvalue weighted by Gasteiger charge is 2.18. The van der Waals surface area contributed by atoms with Crippen LogP contribution in [0, 0.1) is 0 Å². The third-order valence-corrected chi connectivity index (χ3v) is 4.21. The van der Waals surface area contributed by atoms with Crippen molar-refractivity contribution in [3.05, 3.63) is 65.9 Å². The molecule has 0 amide bonds. The van der Waals surface area contributed by atoms with Gasteiger partial charge in [-0.1, -0.05) is 62.2 Å². The highest BCUT2D eigenvalue weighted by atomic mass is 79.9. The predicted molar refractivity (Wildman–Crippen MR) is 101 cm³/mol. The number of rotatable bonds is 6. The molecule has 2 rings (SSSR count). The van der Waals surface area contributed by atoms with Crippen LogP contribution < -0.4 is 4.74 Å². The molecule has 0 bridgehead atoms. The molecular formula is C18H16Br2O4. The fraction of sp³-hybridized carbons (Fsp3) is 0.167. The molecule has 24 heavy (non-hydrogen) atoms. The van der Waals surface area contributed by atoms with Crippen molar-refractivity contribution >= 4 is 43.4 Å². The molecule has 0 heterocycles. The lowest BCUT2D eigenvalue weighted by Crippen LogP contribution is -2.05. The Morgan fingerprint density at radius 1 is 1.08 bits per heavy atom. The quantitative estimate of drug-likeness (QED) is 0.252. The number of hydrogen-bond donors (Lipinski definition) is 0. The van der Waals surface area contributed by atoms with Gasteiger partial charge in [-0.05, 0) is 23.8 Å². The Morgan fingerprint density at radius 3 is 2.50 bits per heavy atom. The minimum absolute atomic E-state index is 0.0304. The number of ether oxygens (including phenoxy) is 3. The van der Waals surface area contributed by atoms with Crippen LogP contribution in [-0.2, 0) is 14.3 Å². The molecule has 0 aromatic heterocycles. The zero-order valence-corrected chi connectivity index (χ0v) is 16.3. The predicted octanol–water partition coefficient (Wildman–Crippen LogP) is 5.43. The molecule has 0 unspecified atom stereocenters. The van der Waals surface area contributed by atoms with E-state index in [0.717, 1.165) is 5.56 Å². The van der Waals surface area contributed by atoms with Crippen LogP contribution in [0.1, 0.15) is 14.9 Å². The second-order valence-electron chi connectivity index (χ2n) is 4.73. The van der Waals surface area contributed by atoms with Crippen molar-refractivity contribution < 1.29 is 19.0 Å². The summed E-state index contributed by atoms with van der Waals surface area (Å²) in [5.41, 5.74) is 1.89. The Balaban J connectivity index is 2.40. The number of para-hydroxylation sites is 1. The van der Waals surface area contributed by atoms with Crippen molar-refractivity contribution in [1.29, 1.82) is 0 Å². The lowest BCUT2D eigenvalue weighted by atomic mass is 10.1. The van der Waals surface area contributed by atoms with Crippen molar-refractivity contribution in [1.82, 2.24) is 0 Å². The molecule has 0 aliphatic heterocycles. The van der Waals surface area contributed by atoms with E-state index in [9.17, 15) is 4.79 Å². The van der Waals surface area contributed by atoms with E-state index in [1.54, 1.807) is 12.1 Å². The second-order valence-corrected chi connectivity index (χ2v) is 7.79.